The number of nitrogens with zero attached hydrogens (tertiary/aromatic N) is 3. The summed E-state index contributed by atoms with van der Waals surface area (Å²) in [7, 11) is 0. The molecule has 0 atom stereocenters. The third-order valence-corrected chi connectivity index (χ3v) is 2.19. The maximum atomic E-state index is 5.71. The minimum absolute atomic E-state index is 0.714. The largest absolute Gasteiger partial charge is 0.399 e. The molecule has 4 nitrogen and oxygen atoms in total. The number of aromatic nitrogens is 3. The Balaban J connectivity index is 2.40. The first kappa shape index (κ1) is 9.71. The van der Waals surface area contributed by atoms with Gasteiger partial charge in [-0.3, -0.25) is 4.98 Å². The number of nitrogens with two attached hydrogens (primary N) is 1. The highest BCUT2D eigenvalue weighted by molar-refractivity contribution is 5.56. The molecule has 0 saturated heterocycles. The maximum Gasteiger partial charge on any atom is 0.158 e. The first-order valence-electron chi connectivity index (χ1n) is 5.04. The second-order valence-corrected chi connectivity index (χ2v) is 3.42. The van der Waals surface area contributed by atoms with Gasteiger partial charge in [-0.05, 0) is 18.6 Å². The second kappa shape index (κ2) is 4.13. The lowest BCUT2D eigenvalue weighted by Crippen LogP contribution is -2.00. The molecule has 2 N–H and O–H groups in total. The summed E-state index contributed by atoms with van der Waals surface area (Å²) in [5.41, 5.74) is 7.25. The van der Waals surface area contributed by atoms with Gasteiger partial charge in [0.15, 0.2) is 5.82 Å². The Bertz CT molecular complexity index is 447. The molecule has 0 aliphatic heterocycles. The van der Waals surface area contributed by atoms with Gasteiger partial charge in [0.05, 0.1) is 0 Å². The summed E-state index contributed by atoms with van der Waals surface area (Å²) in [5.74, 6) is 0.879. The van der Waals surface area contributed by atoms with Crippen molar-refractivity contribution in [1.29, 1.82) is 0 Å². The monoisotopic (exact) mass is 202 g/mol. The Morgan fingerprint density at radius 1 is 1.33 bits per heavy atom. The van der Waals surface area contributed by atoms with Crippen molar-refractivity contribution in [3.63, 3.8) is 0 Å². The van der Waals surface area contributed by atoms with E-state index in [1.165, 1.54) is 0 Å². The molecule has 0 unspecified atom stereocenters. The normalized spacial score (nSPS) is 10.5. The van der Waals surface area contributed by atoms with E-state index in [1.54, 1.807) is 18.5 Å². The van der Waals surface area contributed by atoms with Crippen LogP contribution >= 0.6 is 0 Å². The van der Waals surface area contributed by atoms with Crippen LogP contribution in [0.4, 0.5) is 5.69 Å². The van der Waals surface area contributed by atoms with Crippen molar-refractivity contribution in [2.24, 2.45) is 0 Å². The van der Waals surface area contributed by atoms with E-state index in [0.717, 1.165) is 24.5 Å². The molecule has 0 radical (unpaired) electrons. The number of pyridine rings is 1. The summed E-state index contributed by atoms with van der Waals surface area (Å²) < 4.78 is 2.09. The maximum absolute atomic E-state index is 5.71. The highest BCUT2D eigenvalue weighted by atomic mass is 15.1. The summed E-state index contributed by atoms with van der Waals surface area (Å²) in [6.45, 7) is 3.09. The molecular weight excluding hydrogens is 188 g/mol. The van der Waals surface area contributed by atoms with E-state index in [0.29, 0.717) is 5.69 Å². The van der Waals surface area contributed by atoms with E-state index in [1.807, 2.05) is 12.3 Å². The molecule has 15 heavy (non-hydrogen) atoms. The number of aryl methyl sites for hydroxylation is 1. The standard InChI is InChI=1S/C11H14N4/c1-2-6-15-7-5-14-11(15)10-8-9(12)3-4-13-10/h3-5,7-8H,2,6H2,1H3,(H2,12,13). The molecule has 0 amide bonds. The quantitative estimate of drug-likeness (QED) is 0.827. The number of hydrogen-bond donors (Lipinski definition) is 1. The smallest absolute Gasteiger partial charge is 0.158 e. The van der Waals surface area contributed by atoms with Gasteiger partial charge in [-0.15, -0.1) is 0 Å². The van der Waals surface area contributed by atoms with Crippen LogP contribution in [0, 0.1) is 0 Å². The fraction of sp³-hybridized carbons (Fsp3) is 0.273. The van der Waals surface area contributed by atoms with Crippen LogP contribution in [0.25, 0.3) is 11.5 Å². The van der Waals surface area contributed by atoms with Gasteiger partial charge >= 0.3 is 0 Å². The van der Waals surface area contributed by atoms with Gasteiger partial charge in [-0.1, -0.05) is 6.92 Å². The van der Waals surface area contributed by atoms with E-state index >= 15 is 0 Å². The number of anilines is 1. The zero-order chi connectivity index (χ0) is 10.7. The van der Waals surface area contributed by atoms with E-state index in [-0.39, 0.29) is 0 Å². The average Bonchev–Trinajstić information content (AvgIpc) is 2.66. The van der Waals surface area contributed by atoms with Gasteiger partial charge in [0.25, 0.3) is 0 Å². The summed E-state index contributed by atoms with van der Waals surface area (Å²) in [6, 6.07) is 3.62. The van der Waals surface area contributed by atoms with Gasteiger partial charge < -0.3 is 10.3 Å². The van der Waals surface area contributed by atoms with Crippen molar-refractivity contribution < 1.29 is 0 Å². The first-order chi connectivity index (χ1) is 7.31. The molecule has 0 aliphatic carbocycles. The van der Waals surface area contributed by atoms with E-state index < -0.39 is 0 Å². The zero-order valence-electron chi connectivity index (χ0n) is 8.72. The third kappa shape index (κ3) is 1.98. The minimum Gasteiger partial charge on any atom is -0.399 e. The van der Waals surface area contributed by atoms with Crippen LogP contribution in [-0.2, 0) is 6.54 Å². The van der Waals surface area contributed by atoms with Gasteiger partial charge in [-0.2, -0.15) is 0 Å². The summed E-state index contributed by atoms with van der Waals surface area (Å²) >= 11 is 0. The Kier molecular flexibility index (Phi) is 2.67. The lowest BCUT2D eigenvalue weighted by atomic mass is 10.3. The van der Waals surface area contributed by atoms with Gasteiger partial charge in [0.1, 0.15) is 5.69 Å². The molecule has 0 aliphatic rings. The molecule has 0 aromatic carbocycles. The lowest BCUT2D eigenvalue weighted by molar-refractivity contribution is 0.684. The minimum atomic E-state index is 0.714. The van der Waals surface area contributed by atoms with Crippen molar-refractivity contribution in [2.75, 3.05) is 5.73 Å². The highest BCUT2D eigenvalue weighted by Crippen LogP contribution is 2.17. The van der Waals surface area contributed by atoms with Crippen molar-refractivity contribution in [3.05, 3.63) is 30.7 Å². The fourth-order valence-corrected chi connectivity index (χ4v) is 1.53. The Morgan fingerprint density at radius 2 is 2.20 bits per heavy atom. The van der Waals surface area contributed by atoms with E-state index in [9.17, 15) is 0 Å². The van der Waals surface area contributed by atoms with Crippen LogP contribution in [0.1, 0.15) is 13.3 Å². The van der Waals surface area contributed by atoms with Crippen LogP contribution < -0.4 is 5.73 Å². The SMILES string of the molecule is CCCn1ccnc1-c1cc(N)ccn1. The predicted molar refractivity (Wildman–Crippen MR) is 60.2 cm³/mol. The van der Waals surface area contributed by atoms with Crippen molar-refractivity contribution in [1.82, 2.24) is 14.5 Å². The van der Waals surface area contributed by atoms with Gasteiger partial charge in [-0.25, -0.2) is 4.98 Å². The van der Waals surface area contributed by atoms with Crippen LogP contribution in [0.3, 0.4) is 0 Å². The Hall–Kier alpha value is -1.84. The number of nitrogen functional groups attached to an aromatic ring is 1. The number of hydrogen-bond acceptors (Lipinski definition) is 3. The van der Waals surface area contributed by atoms with Crippen molar-refractivity contribution in [3.8, 4) is 11.5 Å². The topological polar surface area (TPSA) is 56.7 Å². The Morgan fingerprint density at radius 3 is 2.93 bits per heavy atom. The molecule has 2 rings (SSSR count). The lowest BCUT2D eigenvalue weighted by Gasteiger charge is -2.05. The first-order valence-corrected chi connectivity index (χ1v) is 5.04. The van der Waals surface area contributed by atoms with Crippen LogP contribution in [0.15, 0.2) is 30.7 Å². The van der Waals surface area contributed by atoms with Crippen LogP contribution in [-0.4, -0.2) is 14.5 Å². The van der Waals surface area contributed by atoms with Crippen molar-refractivity contribution >= 4 is 5.69 Å². The fourth-order valence-electron chi connectivity index (χ4n) is 1.53. The molecule has 2 heterocycles. The van der Waals surface area contributed by atoms with Crippen LogP contribution in [0.5, 0.6) is 0 Å². The molecule has 0 bridgehead atoms. The number of rotatable bonds is 3. The summed E-state index contributed by atoms with van der Waals surface area (Å²) in [5, 5.41) is 0. The number of imidazole rings is 1. The highest BCUT2D eigenvalue weighted by Gasteiger charge is 2.06. The third-order valence-electron chi connectivity index (χ3n) is 2.19. The molecule has 2 aromatic rings. The van der Waals surface area contributed by atoms with Crippen LogP contribution in [0.2, 0.25) is 0 Å². The van der Waals surface area contributed by atoms with E-state index in [2.05, 4.69) is 21.5 Å². The zero-order valence-corrected chi connectivity index (χ0v) is 8.72. The molecule has 4 heteroatoms. The van der Waals surface area contributed by atoms with E-state index in [4.69, 9.17) is 5.73 Å². The van der Waals surface area contributed by atoms with Gasteiger partial charge in [0.2, 0.25) is 0 Å². The summed E-state index contributed by atoms with van der Waals surface area (Å²) in [6.07, 6.45) is 6.53. The molecular formula is C11H14N4. The predicted octanol–water partition coefficient (Wildman–Crippen LogP) is 1.94. The molecule has 0 saturated carbocycles. The second-order valence-electron chi connectivity index (χ2n) is 3.42. The summed E-state index contributed by atoms with van der Waals surface area (Å²) in [4.78, 5) is 8.55. The molecule has 0 fully saturated rings. The molecule has 78 valence electrons. The molecule has 2 aromatic heterocycles. The Labute approximate surface area is 88.8 Å². The van der Waals surface area contributed by atoms with Gasteiger partial charge in [0, 0.05) is 30.8 Å². The molecule has 0 spiro atoms. The van der Waals surface area contributed by atoms with Crippen molar-refractivity contribution in [2.45, 2.75) is 19.9 Å². The average molecular weight is 202 g/mol.